The summed E-state index contributed by atoms with van der Waals surface area (Å²) in [6.07, 6.45) is -0.478. The molecule has 0 spiro atoms. The molecule has 2 heterocycles. The molecule has 0 radical (unpaired) electrons. The second-order valence-electron chi connectivity index (χ2n) is 6.47. The van der Waals surface area contributed by atoms with Crippen molar-refractivity contribution in [3.8, 4) is 6.07 Å². The van der Waals surface area contributed by atoms with Crippen molar-refractivity contribution in [1.29, 1.82) is 5.26 Å². The van der Waals surface area contributed by atoms with Gasteiger partial charge in [-0.15, -0.1) is 0 Å². The first kappa shape index (κ1) is 18.1. The average molecular weight is 405 g/mol. The number of ether oxygens (including phenoxy) is 1. The van der Waals surface area contributed by atoms with Crippen molar-refractivity contribution in [2.45, 2.75) is 18.2 Å². The van der Waals surface area contributed by atoms with Gasteiger partial charge < -0.3 is 10.5 Å². The van der Waals surface area contributed by atoms with Gasteiger partial charge in [-0.05, 0) is 35.4 Å². The van der Waals surface area contributed by atoms with E-state index in [1.165, 1.54) is 12.1 Å². The molecule has 1 saturated heterocycles. The van der Waals surface area contributed by atoms with E-state index in [4.69, 9.17) is 33.7 Å². The lowest BCUT2D eigenvalue weighted by molar-refractivity contribution is 0.0341. The maximum atomic E-state index is 13.3. The Labute approximate surface area is 165 Å². The summed E-state index contributed by atoms with van der Waals surface area (Å²) in [5.74, 6) is -0.920. The molecule has 4 rings (SSSR count). The summed E-state index contributed by atoms with van der Waals surface area (Å²) < 4.78 is 19.1. The third-order valence-corrected chi connectivity index (χ3v) is 5.54. The van der Waals surface area contributed by atoms with Gasteiger partial charge in [-0.25, -0.2) is 15.2 Å². The number of rotatable bonds is 2. The maximum absolute atomic E-state index is 13.3. The van der Waals surface area contributed by atoms with E-state index >= 15 is 0 Å². The Bertz CT molecular complexity index is 957. The molecule has 0 aromatic heterocycles. The molecule has 8 heteroatoms. The Hall–Kier alpha value is -2.30. The van der Waals surface area contributed by atoms with E-state index in [1.807, 2.05) is 0 Å². The Morgan fingerprint density at radius 3 is 2.52 bits per heavy atom. The number of nitrogens with two attached hydrogens (primary N) is 1. The Kier molecular flexibility index (Phi) is 4.70. The van der Waals surface area contributed by atoms with Crippen LogP contribution in [0.15, 0.2) is 53.9 Å². The van der Waals surface area contributed by atoms with Crippen LogP contribution < -0.4 is 16.6 Å². The Morgan fingerprint density at radius 2 is 1.85 bits per heavy atom. The van der Waals surface area contributed by atoms with E-state index in [-0.39, 0.29) is 23.7 Å². The van der Waals surface area contributed by atoms with Gasteiger partial charge >= 0.3 is 0 Å². The molecule has 0 aliphatic carbocycles. The van der Waals surface area contributed by atoms with Gasteiger partial charge in [0.25, 0.3) is 0 Å². The van der Waals surface area contributed by atoms with Crippen molar-refractivity contribution in [3.05, 3.63) is 80.9 Å². The first-order valence-electron chi connectivity index (χ1n) is 8.27. The zero-order valence-corrected chi connectivity index (χ0v) is 15.4. The van der Waals surface area contributed by atoms with Gasteiger partial charge in [0.2, 0.25) is 5.88 Å². The van der Waals surface area contributed by atoms with E-state index in [1.54, 1.807) is 30.3 Å². The van der Waals surface area contributed by atoms with Gasteiger partial charge in [0.1, 0.15) is 11.9 Å². The lowest BCUT2D eigenvalue weighted by Crippen LogP contribution is -2.41. The topological polar surface area (TPSA) is 83.1 Å². The van der Waals surface area contributed by atoms with E-state index in [0.29, 0.717) is 15.6 Å². The number of hydrogen-bond acceptors (Lipinski definition) is 5. The molecule has 0 saturated carbocycles. The van der Waals surface area contributed by atoms with Gasteiger partial charge in [0, 0.05) is 21.9 Å². The molecule has 4 unspecified atom stereocenters. The SMILES string of the molecule is N#CC1=C(N)OC2NNC(c3ccc(F)cc3)C2C1c1ccc(Cl)cc1Cl. The molecular formula is C19H15Cl2FN4O. The average Bonchev–Trinajstić information content (AvgIpc) is 3.05. The summed E-state index contributed by atoms with van der Waals surface area (Å²) in [5, 5.41) is 10.7. The van der Waals surface area contributed by atoms with Crippen LogP contribution >= 0.6 is 23.2 Å². The van der Waals surface area contributed by atoms with Crippen molar-refractivity contribution in [2.24, 2.45) is 11.7 Å². The minimum absolute atomic E-state index is 0.0591. The molecular weight excluding hydrogens is 390 g/mol. The normalized spacial score (nSPS) is 27.0. The van der Waals surface area contributed by atoms with Crippen LogP contribution in [0.4, 0.5) is 4.39 Å². The third-order valence-electron chi connectivity index (χ3n) is 4.98. The molecule has 138 valence electrons. The minimum atomic E-state index is -0.478. The summed E-state index contributed by atoms with van der Waals surface area (Å²) in [6, 6.07) is 13.3. The van der Waals surface area contributed by atoms with Crippen LogP contribution in [0, 0.1) is 23.1 Å². The van der Waals surface area contributed by atoms with Gasteiger partial charge in [0.15, 0.2) is 6.23 Å². The number of nitrogens with zero attached hydrogens (tertiary/aromatic N) is 1. The molecule has 4 atom stereocenters. The number of nitrogens with one attached hydrogen (secondary N) is 2. The fraction of sp³-hybridized carbons (Fsp3) is 0.211. The third kappa shape index (κ3) is 3.13. The summed E-state index contributed by atoms with van der Waals surface area (Å²) in [5.41, 5.74) is 14.1. The van der Waals surface area contributed by atoms with Crippen molar-refractivity contribution in [3.63, 3.8) is 0 Å². The Morgan fingerprint density at radius 1 is 1.11 bits per heavy atom. The van der Waals surface area contributed by atoms with Crippen LogP contribution in [-0.2, 0) is 4.74 Å². The van der Waals surface area contributed by atoms with Gasteiger partial charge in [-0.3, -0.25) is 0 Å². The van der Waals surface area contributed by atoms with Gasteiger partial charge in [-0.1, -0.05) is 41.4 Å². The van der Waals surface area contributed by atoms with Crippen LogP contribution in [0.3, 0.4) is 0 Å². The van der Waals surface area contributed by atoms with E-state index in [9.17, 15) is 9.65 Å². The fourth-order valence-corrected chi connectivity index (χ4v) is 4.30. The highest BCUT2D eigenvalue weighted by atomic mass is 35.5. The van der Waals surface area contributed by atoms with Gasteiger partial charge in [0.05, 0.1) is 11.6 Å². The minimum Gasteiger partial charge on any atom is -0.458 e. The summed E-state index contributed by atoms with van der Waals surface area (Å²) in [7, 11) is 0. The molecule has 1 fully saturated rings. The molecule has 27 heavy (non-hydrogen) atoms. The number of hydrogen-bond donors (Lipinski definition) is 3. The first-order chi connectivity index (χ1) is 13.0. The van der Waals surface area contributed by atoms with Gasteiger partial charge in [-0.2, -0.15) is 5.26 Å². The van der Waals surface area contributed by atoms with Crippen LogP contribution in [0.5, 0.6) is 0 Å². The van der Waals surface area contributed by atoms with E-state index < -0.39 is 12.1 Å². The largest absolute Gasteiger partial charge is 0.458 e. The molecule has 0 bridgehead atoms. The zero-order valence-electron chi connectivity index (χ0n) is 13.9. The number of benzene rings is 2. The predicted octanol–water partition coefficient (Wildman–Crippen LogP) is 3.73. The molecule has 2 aliphatic heterocycles. The van der Waals surface area contributed by atoms with Crippen LogP contribution in [0.1, 0.15) is 23.1 Å². The number of fused-ring (bicyclic) bond motifs is 1. The van der Waals surface area contributed by atoms with Crippen molar-refractivity contribution in [2.75, 3.05) is 0 Å². The van der Waals surface area contributed by atoms with E-state index in [2.05, 4.69) is 16.9 Å². The molecule has 5 nitrogen and oxygen atoms in total. The van der Waals surface area contributed by atoms with E-state index in [0.717, 1.165) is 11.1 Å². The van der Waals surface area contributed by atoms with Crippen molar-refractivity contribution < 1.29 is 9.13 Å². The predicted molar refractivity (Wildman–Crippen MR) is 99.8 cm³/mol. The highest BCUT2D eigenvalue weighted by molar-refractivity contribution is 6.35. The van der Waals surface area contributed by atoms with Crippen LogP contribution in [0.2, 0.25) is 10.0 Å². The fourth-order valence-electron chi connectivity index (χ4n) is 3.78. The number of nitriles is 1. The lowest BCUT2D eigenvalue weighted by atomic mass is 9.74. The van der Waals surface area contributed by atoms with Crippen LogP contribution in [0.25, 0.3) is 0 Å². The zero-order chi connectivity index (χ0) is 19.1. The monoisotopic (exact) mass is 404 g/mol. The molecule has 2 aromatic carbocycles. The highest BCUT2D eigenvalue weighted by Crippen LogP contribution is 2.49. The summed E-state index contributed by atoms with van der Waals surface area (Å²) in [6.45, 7) is 0. The summed E-state index contributed by atoms with van der Waals surface area (Å²) >= 11 is 12.5. The number of allylic oxidation sites excluding steroid dienone is 1. The second kappa shape index (κ2) is 7.02. The van der Waals surface area contributed by atoms with Crippen LogP contribution in [-0.4, -0.2) is 6.23 Å². The van der Waals surface area contributed by atoms with Crippen molar-refractivity contribution in [1.82, 2.24) is 10.9 Å². The first-order valence-corrected chi connectivity index (χ1v) is 9.03. The molecule has 2 aromatic rings. The highest BCUT2D eigenvalue weighted by Gasteiger charge is 2.49. The molecule has 4 N–H and O–H groups in total. The molecule has 0 amide bonds. The summed E-state index contributed by atoms with van der Waals surface area (Å²) in [4.78, 5) is 0. The standard InChI is InChI=1S/C19H15Cl2FN4O/c20-10-3-6-12(14(21)7-10)15-13(8-23)18(24)27-19-16(15)17(25-26-19)9-1-4-11(22)5-2-9/h1-7,15-17,19,25-26H,24H2. The lowest BCUT2D eigenvalue weighted by Gasteiger charge is -2.36. The number of hydrazine groups is 1. The quantitative estimate of drug-likeness (QED) is 0.709. The maximum Gasteiger partial charge on any atom is 0.200 e. The second-order valence-corrected chi connectivity index (χ2v) is 7.31. The van der Waals surface area contributed by atoms with Crippen molar-refractivity contribution >= 4 is 23.2 Å². The number of halogens is 3. The molecule has 2 aliphatic rings. The smallest absolute Gasteiger partial charge is 0.200 e. The Balaban J connectivity index is 1.84.